The van der Waals surface area contributed by atoms with Crippen molar-refractivity contribution < 1.29 is 13.2 Å². The van der Waals surface area contributed by atoms with Crippen LogP contribution in [0.1, 0.15) is 5.56 Å². The Hall–Kier alpha value is -1.99. The Morgan fingerprint density at radius 1 is 1.04 bits per heavy atom. The highest BCUT2D eigenvalue weighted by Gasteiger charge is 2.25. The fourth-order valence-corrected chi connectivity index (χ4v) is 4.10. The highest BCUT2D eigenvalue weighted by atomic mass is 35.5. The Morgan fingerprint density at radius 2 is 1.69 bits per heavy atom. The average Bonchev–Trinajstić information content (AvgIpc) is 2.68. The van der Waals surface area contributed by atoms with Crippen LogP contribution in [-0.4, -0.2) is 45.2 Å². The van der Waals surface area contributed by atoms with Crippen LogP contribution in [0, 0.1) is 0 Å². The van der Waals surface area contributed by atoms with E-state index < -0.39 is 10.0 Å². The maximum atomic E-state index is 12.6. The van der Waals surface area contributed by atoms with E-state index in [1.54, 1.807) is 30.5 Å². The van der Waals surface area contributed by atoms with Gasteiger partial charge in [0.2, 0.25) is 10.0 Å². The van der Waals surface area contributed by atoms with Gasteiger partial charge in [-0.05, 0) is 35.9 Å². The first kappa shape index (κ1) is 18.8. The van der Waals surface area contributed by atoms with Crippen LogP contribution in [0.15, 0.2) is 69.5 Å². The number of aliphatic imine (C=N–C) groups is 1. The van der Waals surface area contributed by atoms with Gasteiger partial charge in [-0.15, -0.1) is 0 Å². The van der Waals surface area contributed by atoms with Crippen molar-refractivity contribution in [3.63, 3.8) is 0 Å². The number of rotatable bonds is 5. The van der Waals surface area contributed by atoms with E-state index in [9.17, 15) is 8.42 Å². The molecule has 2 aromatic rings. The van der Waals surface area contributed by atoms with Gasteiger partial charge < -0.3 is 4.74 Å². The molecule has 1 fully saturated rings. The SMILES string of the molecule is O=S(=O)(c1ccc(N=C/C(Cl)=C/c2ccccc2)cc1)N1CCOCC1. The van der Waals surface area contributed by atoms with Crippen LogP contribution in [0.25, 0.3) is 6.08 Å². The van der Waals surface area contributed by atoms with Crippen LogP contribution in [0.2, 0.25) is 0 Å². The first-order valence-corrected chi connectivity index (χ1v) is 10.0. The molecule has 0 radical (unpaired) electrons. The largest absolute Gasteiger partial charge is 0.379 e. The van der Waals surface area contributed by atoms with Gasteiger partial charge in [-0.25, -0.2) is 8.42 Å². The Bertz CT molecular complexity index is 888. The molecule has 0 aromatic heterocycles. The molecule has 1 saturated heterocycles. The number of nitrogens with zero attached hydrogens (tertiary/aromatic N) is 2. The van der Waals surface area contributed by atoms with Gasteiger partial charge in [-0.3, -0.25) is 4.99 Å². The lowest BCUT2D eigenvalue weighted by Gasteiger charge is -2.26. The van der Waals surface area contributed by atoms with E-state index in [-0.39, 0.29) is 4.90 Å². The molecule has 0 bridgehead atoms. The van der Waals surface area contributed by atoms with Gasteiger partial charge >= 0.3 is 0 Å². The quantitative estimate of drug-likeness (QED) is 0.731. The predicted octanol–water partition coefficient (Wildman–Crippen LogP) is 3.69. The molecule has 0 N–H and O–H groups in total. The molecule has 136 valence electrons. The number of allylic oxidation sites excluding steroid dienone is 1. The van der Waals surface area contributed by atoms with Crippen molar-refractivity contribution in [2.45, 2.75) is 4.90 Å². The molecule has 0 spiro atoms. The maximum Gasteiger partial charge on any atom is 0.243 e. The second-order valence-corrected chi connectivity index (χ2v) is 8.08. The number of hydrogen-bond donors (Lipinski definition) is 0. The van der Waals surface area contributed by atoms with E-state index in [0.29, 0.717) is 37.0 Å². The number of benzene rings is 2. The molecule has 1 heterocycles. The summed E-state index contributed by atoms with van der Waals surface area (Å²) in [5.41, 5.74) is 1.61. The van der Waals surface area contributed by atoms with Crippen molar-refractivity contribution in [2.24, 2.45) is 4.99 Å². The van der Waals surface area contributed by atoms with Crippen molar-refractivity contribution in [1.82, 2.24) is 4.31 Å². The summed E-state index contributed by atoms with van der Waals surface area (Å²) in [5, 5.41) is 0.487. The van der Waals surface area contributed by atoms with E-state index in [1.807, 2.05) is 36.4 Å². The summed E-state index contributed by atoms with van der Waals surface area (Å²) in [7, 11) is -3.49. The predicted molar refractivity (Wildman–Crippen MR) is 104 cm³/mol. The first-order valence-electron chi connectivity index (χ1n) is 8.20. The number of sulfonamides is 1. The van der Waals surface area contributed by atoms with Crippen LogP contribution in [0.4, 0.5) is 5.69 Å². The zero-order valence-corrected chi connectivity index (χ0v) is 15.7. The third-order valence-electron chi connectivity index (χ3n) is 3.89. The molecule has 0 amide bonds. The summed E-state index contributed by atoms with van der Waals surface area (Å²) in [6, 6.07) is 16.1. The topological polar surface area (TPSA) is 59.0 Å². The standard InChI is InChI=1S/C19H19ClN2O3S/c20-17(14-16-4-2-1-3-5-16)15-21-18-6-8-19(9-7-18)26(23,24)22-10-12-25-13-11-22/h1-9,14-15H,10-13H2/b17-14-,21-15?. The lowest BCUT2D eigenvalue weighted by atomic mass is 10.2. The summed E-state index contributed by atoms with van der Waals surface area (Å²) in [4.78, 5) is 4.54. The summed E-state index contributed by atoms with van der Waals surface area (Å²) >= 11 is 6.17. The minimum atomic E-state index is -3.49. The number of morpholine rings is 1. The molecule has 0 atom stereocenters. The summed E-state index contributed by atoms with van der Waals surface area (Å²) in [5.74, 6) is 0. The summed E-state index contributed by atoms with van der Waals surface area (Å²) in [6.07, 6.45) is 3.35. The fraction of sp³-hybridized carbons (Fsp3) is 0.211. The number of ether oxygens (including phenoxy) is 1. The van der Waals surface area contributed by atoms with Gasteiger partial charge in [0.15, 0.2) is 0 Å². The van der Waals surface area contributed by atoms with Gasteiger partial charge in [0.25, 0.3) is 0 Å². The maximum absolute atomic E-state index is 12.6. The van der Waals surface area contributed by atoms with Crippen molar-refractivity contribution in [2.75, 3.05) is 26.3 Å². The summed E-state index contributed by atoms with van der Waals surface area (Å²) < 4.78 is 31.8. The van der Waals surface area contributed by atoms with Crippen LogP contribution in [0.3, 0.4) is 0 Å². The van der Waals surface area contributed by atoms with Gasteiger partial charge in [-0.1, -0.05) is 41.9 Å². The van der Waals surface area contributed by atoms with Crippen molar-refractivity contribution in [3.05, 3.63) is 65.2 Å². The second kappa shape index (κ2) is 8.60. The highest BCUT2D eigenvalue weighted by molar-refractivity contribution is 7.89. The molecule has 0 aliphatic carbocycles. The molecule has 0 unspecified atom stereocenters. The molecule has 0 saturated carbocycles. The second-order valence-electron chi connectivity index (χ2n) is 5.71. The Labute approximate surface area is 158 Å². The smallest absolute Gasteiger partial charge is 0.243 e. The minimum absolute atomic E-state index is 0.254. The molecule has 3 rings (SSSR count). The van der Waals surface area contributed by atoms with Crippen molar-refractivity contribution in [1.29, 1.82) is 0 Å². The highest BCUT2D eigenvalue weighted by Crippen LogP contribution is 2.21. The Kier molecular flexibility index (Phi) is 6.21. The van der Waals surface area contributed by atoms with E-state index >= 15 is 0 Å². The van der Waals surface area contributed by atoms with Crippen LogP contribution >= 0.6 is 11.6 Å². The van der Waals surface area contributed by atoms with E-state index in [4.69, 9.17) is 16.3 Å². The number of hydrogen-bond acceptors (Lipinski definition) is 4. The van der Waals surface area contributed by atoms with E-state index in [2.05, 4.69) is 4.99 Å². The lowest BCUT2D eigenvalue weighted by Crippen LogP contribution is -2.40. The minimum Gasteiger partial charge on any atom is -0.379 e. The van der Waals surface area contributed by atoms with E-state index in [1.165, 1.54) is 4.31 Å². The van der Waals surface area contributed by atoms with E-state index in [0.717, 1.165) is 5.56 Å². The normalized spacial score (nSPS) is 16.9. The van der Waals surface area contributed by atoms with Crippen molar-refractivity contribution in [3.8, 4) is 0 Å². The summed E-state index contributed by atoms with van der Waals surface area (Å²) in [6.45, 7) is 1.60. The molecule has 1 aliphatic rings. The molecule has 1 aliphatic heterocycles. The molecule has 5 nitrogen and oxygen atoms in total. The van der Waals surface area contributed by atoms with Crippen LogP contribution in [0.5, 0.6) is 0 Å². The van der Waals surface area contributed by atoms with Gasteiger partial charge in [-0.2, -0.15) is 4.31 Å². The van der Waals surface area contributed by atoms with Crippen LogP contribution in [-0.2, 0) is 14.8 Å². The zero-order valence-electron chi connectivity index (χ0n) is 14.1. The lowest BCUT2D eigenvalue weighted by molar-refractivity contribution is 0.0730. The molecule has 7 heteroatoms. The Morgan fingerprint density at radius 3 is 2.35 bits per heavy atom. The van der Waals surface area contributed by atoms with Crippen molar-refractivity contribution >= 4 is 39.6 Å². The molecular formula is C19H19ClN2O3S. The Balaban J connectivity index is 1.70. The number of halogens is 1. The van der Waals surface area contributed by atoms with Crippen LogP contribution < -0.4 is 0 Å². The third kappa shape index (κ3) is 4.80. The average molecular weight is 391 g/mol. The molecular weight excluding hydrogens is 372 g/mol. The molecule has 26 heavy (non-hydrogen) atoms. The molecule has 2 aromatic carbocycles. The monoisotopic (exact) mass is 390 g/mol. The fourth-order valence-electron chi connectivity index (χ4n) is 2.52. The van der Waals surface area contributed by atoms with Gasteiger partial charge in [0, 0.05) is 19.3 Å². The first-order chi connectivity index (χ1) is 12.6. The van der Waals surface area contributed by atoms with Gasteiger partial charge in [0.05, 0.1) is 28.8 Å². The third-order valence-corrected chi connectivity index (χ3v) is 6.01. The zero-order chi connectivity index (χ0) is 18.4. The van der Waals surface area contributed by atoms with Gasteiger partial charge in [0.1, 0.15) is 0 Å².